The van der Waals surface area contributed by atoms with Crippen molar-refractivity contribution in [2.75, 3.05) is 13.2 Å². The normalized spacial score (nSPS) is 10.8. The lowest BCUT2D eigenvalue weighted by Gasteiger charge is -2.17. The SMILES string of the molecule is C=CCc1cc(C=NNC(=O)CCNC(=O)c2ccc(Cl)c(Cl)c2)cc(OCC)c1OCc1ccc(C)cc1. The Bertz CT molecular complexity index is 1340. The number of benzene rings is 3. The average molecular weight is 569 g/mol. The molecule has 7 nitrogen and oxygen atoms in total. The van der Waals surface area contributed by atoms with Crippen LogP contribution in [0.15, 0.2) is 72.4 Å². The highest BCUT2D eigenvalue weighted by atomic mass is 35.5. The van der Waals surface area contributed by atoms with E-state index in [0.29, 0.717) is 41.7 Å². The molecular formula is C30H31Cl2N3O4. The van der Waals surface area contributed by atoms with Gasteiger partial charge < -0.3 is 14.8 Å². The molecule has 204 valence electrons. The number of allylic oxidation sites excluding steroid dienone is 1. The van der Waals surface area contributed by atoms with Crippen LogP contribution in [-0.4, -0.2) is 31.2 Å². The second-order valence-corrected chi connectivity index (χ2v) is 9.45. The van der Waals surface area contributed by atoms with E-state index in [0.717, 1.165) is 16.7 Å². The van der Waals surface area contributed by atoms with E-state index >= 15 is 0 Å². The Hall–Kier alpha value is -3.81. The first-order valence-electron chi connectivity index (χ1n) is 12.4. The van der Waals surface area contributed by atoms with Gasteiger partial charge in [0.2, 0.25) is 5.91 Å². The van der Waals surface area contributed by atoms with Gasteiger partial charge in [-0.25, -0.2) is 5.43 Å². The lowest BCUT2D eigenvalue weighted by molar-refractivity contribution is -0.120. The quantitative estimate of drug-likeness (QED) is 0.144. The number of ether oxygens (including phenoxy) is 2. The minimum atomic E-state index is -0.354. The molecule has 0 aromatic heterocycles. The number of rotatable bonds is 13. The number of carbonyl (C=O) groups excluding carboxylic acids is 2. The lowest BCUT2D eigenvalue weighted by atomic mass is 10.1. The van der Waals surface area contributed by atoms with E-state index in [9.17, 15) is 9.59 Å². The first kappa shape index (κ1) is 29.7. The molecule has 9 heteroatoms. The fraction of sp³-hybridized carbons (Fsp3) is 0.233. The third-order valence-corrected chi connectivity index (χ3v) is 6.28. The summed E-state index contributed by atoms with van der Waals surface area (Å²) in [6, 6.07) is 16.5. The molecule has 0 unspecified atom stereocenters. The third-order valence-electron chi connectivity index (χ3n) is 5.54. The van der Waals surface area contributed by atoms with E-state index in [1.165, 1.54) is 17.8 Å². The summed E-state index contributed by atoms with van der Waals surface area (Å²) in [5, 5.41) is 7.37. The molecule has 2 amide bonds. The van der Waals surface area contributed by atoms with Gasteiger partial charge in [-0.15, -0.1) is 6.58 Å². The summed E-state index contributed by atoms with van der Waals surface area (Å²) in [4.78, 5) is 24.4. The summed E-state index contributed by atoms with van der Waals surface area (Å²) >= 11 is 11.8. The maximum absolute atomic E-state index is 12.2. The Labute approximate surface area is 238 Å². The number of carbonyl (C=O) groups is 2. The van der Waals surface area contributed by atoms with Crippen LogP contribution in [-0.2, 0) is 17.8 Å². The van der Waals surface area contributed by atoms with Crippen LogP contribution in [0.2, 0.25) is 10.0 Å². The van der Waals surface area contributed by atoms with Gasteiger partial charge >= 0.3 is 0 Å². The van der Waals surface area contributed by atoms with E-state index in [2.05, 4.69) is 22.4 Å². The molecule has 3 rings (SSSR count). The molecule has 0 aliphatic carbocycles. The van der Waals surface area contributed by atoms with Gasteiger partial charge in [0.15, 0.2) is 11.5 Å². The molecule has 0 saturated heterocycles. The van der Waals surface area contributed by atoms with Crippen molar-refractivity contribution in [2.24, 2.45) is 5.10 Å². The van der Waals surface area contributed by atoms with Crippen LogP contribution < -0.4 is 20.2 Å². The number of halogens is 2. The van der Waals surface area contributed by atoms with Crippen molar-refractivity contribution < 1.29 is 19.1 Å². The Morgan fingerprint density at radius 1 is 1.03 bits per heavy atom. The van der Waals surface area contributed by atoms with E-state index < -0.39 is 0 Å². The zero-order chi connectivity index (χ0) is 28.2. The minimum absolute atomic E-state index is 0.0438. The van der Waals surface area contributed by atoms with Gasteiger partial charge in [0.05, 0.1) is 22.9 Å². The highest BCUT2D eigenvalue weighted by molar-refractivity contribution is 6.42. The fourth-order valence-corrected chi connectivity index (χ4v) is 3.89. The molecule has 0 bridgehead atoms. The molecule has 3 aromatic rings. The van der Waals surface area contributed by atoms with Crippen molar-refractivity contribution in [1.82, 2.24) is 10.7 Å². The molecule has 0 heterocycles. The van der Waals surface area contributed by atoms with Crippen LogP contribution in [0.5, 0.6) is 11.5 Å². The molecule has 3 aromatic carbocycles. The smallest absolute Gasteiger partial charge is 0.251 e. The molecule has 39 heavy (non-hydrogen) atoms. The molecular weight excluding hydrogens is 537 g/mol. The average Bonchev–Trinajstić information content (AvgIpc) is 2.91. The number of hydrogen-bond acceptors (Lipinski definition) is 5. The Balaban J connectivity index is 1.60. The largest absolute Gasteiger partial charge is 0.490 e. The van der Waals surface area contributed by atoms with E-state index in [1.54, 1.807) is 18.2 Å². The fourth-order valence-electron chi connectivity index (χ4n) is 3.60. The predicted molar refractivity (Wildman–Crippen MR) is 156 cm³/mol. The number of hydrazone groups is 1. The number of amides is 2. The van der Waals surface area contributed by atoms with Crippen molar-refractivity contribution in [2.45, 2.75) is 33.3 Å². The highest BCUT2D eigenvalue weighted by Crippen LogP contribution is 2.34. The monoisotopic (exact) mass is 567 g/mol. The van der Waals surface area contributed by atoms with Crippen molar-refractivity contribution >= 4 is 41.2 Å². The van der Waals surface area contributed by atoms with Gasteiger partial charge in [0.1, 0.15) is 6.61 Å². The van der Waals surface area contributed by atoms with Gasteiger partial charge in [-0.05, 0) is 61.7 Å². The number of nitrogens with zero attached hydrogens (tertiary/aromatic N) is 1. The first-order valence-corrected chi connectivity index (χ1v) is 13.2. The summed E-state index contributed by atoms with van der Waals surface area (Å²) in [6.07, 6.45) is 3.93. The van der Waals surface area contributed by atoms with Gasteiger partial charge in [0.25, 0.3) is 5.91 Å². The maximum atomic E-state index is 12.2. The summed E-state index contributed by atoms with van der Waals surface area (Å²) in [5.41, 5.74) is 6.69. The molecule has 0 atom stereocenters. The first-order chi connectivity index (χ1) is 18.8. The standard InChI is InChI=1S/C30H31Cl2N3O4/c1-4-6-23-15-22(16-27(38-5-2)29(23)39-19-21-9-7-20(3)8-10-21)18-34-35-28(36)13-14-33-30(37)24-11-12-25(31)26(32)17-24/h4,7-12,15-18H,1,5-6,13-14,19H2,2-3H3,(H,33,37)(H,35,36). The molecule has 0 radical (unpaired) electrons. The summed E-state index contributed by atoms with van der Waals surface area (Å²) < 4.78 is 12.0. The second-order valence-electron chi connectivity index (χ2n) is 8.64. The second kappa shape index (κ2) is 15.0. The van der Waals surface area contributed by atoms with Crippen molar-refractivity contribution in [3.63, 3.8) is 0 Å². The lowest BCUT2D eigenvalue weighted by Crippen LogP contribution is -2.29. The van der Waals surface area contributed by atoms with Crippen LogP contribution in [0.3, 0.4) is 0 Å². The number of hydrogen-bond donors (Lipinski definition) is 2. The van der Waals surface area contributed by atoms with Crippen LogP contribution >= 0.6 is 23.2 Å². The van der Waals surface area contributed by atoms with E-state index in [-0.39, 0.29) is 29.8 Å². The van der Waals surface area contributed by atoms with Crippen LogP contribution in [0, 0.1) is 6.92 Å². The van der Waals surface area contributed by atoms with E-state index in [4.69, 9.17) is 32.7 Å². The van der Waals surface area contributed by atoms with Gasteiger partial charge in [-0.2, -0.15) is 5.10 Å². The zero-order valence-corrected chi connectivity index (χ0v) is 23.4. The summed E-state index contributed by atoms with van der Waals surface area (Å²) in [6.45, 7) is 8.78. The van der Waals surface area contributed by atoms with Crippen LogP contribution in [0.4, 0.5) is 0 Å². The van der Waals surface area contributed by atoms with E-state index in [1.807, 2.05) is 50.2 Å². The van der Waals surface area contributed by atoms with Crippen molar-refractivity contribution in [3.05, 3.63) is 105 Å². The molecule has 0 spiro atoms. The number of nitrogens with one attached hydrogen (secondary N) is 2. The molecule has 0 fully saturated rings. The topological polar surface area (TPSA) is 89.0 Å². The van der Waals surface area contributed by atoms with Gasteiger partial charge in [-0.1, -0.05) is 59.1 Å². The minimum Gasteiger partial charge on any atom is -0.490 e. The Morgan fingerprint density at radius 2 is 1.79 bits per heavy atom. The maximum Gasteiger partial charge on any atom is 0.251 e. The molecule has 0 aliphatic heterocycles. The molecule has 0 saturated carbocycles. The van der Waals surface area contributed by atoms with Crippen molar-refractivity contribution in [3.8, 4) is 11.5 Å². The molecule has 0 aliphatic rings. The molecule has 2 N–H and O–H groups in total. The van der Waals surface area contributed by atoms with Gasteiger partial charge in [-0.3, -0.25) is 9.59 Å². The summed E-state index contributed by atoms with van der Waals surface area (Å²) in [5.74, 6) is 0.529. The summed E-state index contributed by atoms with van der Waals surface area (Å²) in [7, 11) is 0. The Morgan fingerprint density at radius 3 is 2.49 bits per heavy atom. The zero-order valence-electron chi connectivity index (χ0n) is 21.9. The third kappa shape index (κ3) is 9.16. The van der Waals surface area contributed by atoms with Crippen LogP contribution in [0.1, 0.15) is 46.0 Å². The van der Waals surface area contributed by atoms with Crippen molar-refractivity contribution in [1.29, 1.82) is 0 Å². The Kier molecular flexibility index (Phi) is 11.4. The number of aryl methyl sites for hydroxylation is 1. The van der Waals surface area contributed by atoms with Crippen LogP contribution in [0.25, 0.3) is 0 Å². The predicted octanol–water partition coefficient (Wildman–Crippen LogP) is 6.28. The highest BCUT2D eigenvalue weighted by Gasteiger charge is 2.14. The van der Waals surface area contributed by atoms with Gasteiger partial charge in [0, 0.05) is 24.1 Å².